The van der Waals surface area contributed by atoms with Crippen molar-refractivity contribution in [3.63, 3.8) is 0 Å². The van der Waals surface area contributed by atoms with Crippen LogP contribution >= 0.6 is 0 Å². The van der Waals surface area contributed by atoms with E-state index in [9.17, 15) is 0 Å². The highest BCUT2D eigenvalue weighted by atomic mass is 14.9. The van der Waals surface area contributed by atoms with E-state index in [0.29, 0.717) is 5.92 Å². The van der Waals surface area contributed by atoms with Crippen molar-refractivity contribution in [1.29, 1.82) is 0 Å². The molecular weight excluding hydrogens is 242 g/mol. The molecule has 0 saturated heterocycles. The number of allylic oxidation sites excluding steroid dienone is 6. The summed E-state index contributed by atoms with van der Waals surface area (Å²) in [5.41, 5.74) is 5.82. The largest absolute Gasteiger partial charge is 0.363 e. The SMILES string of the molecule is C=C(C)NC(=C)CC(=C/C(C)C(=C)CCC)/C(C)=C\C. The van der Waals surface area contributed by atoms with Crippen LogP contribution in [-0.4, -0.2) is 0 Å². The fourth-order valence-electron chi connectivity index (χ4n) is 2.06. The maximum atomic E-state index is 4.19. The second kappa shape index (κ2) is 9.41. The van der Waals surface area contributed by atoms with Crippen molar-refractivity contribution in [1.82, 2.24) is 5.32 Å². The normalized spacial score (nSPS) is 13.8. The van der Waals surface area contributed by atoms with Gasteiger partial charge in [-0.2, -0.15) is 0 Å². The van der Waals surface area contributed by atoms with Gasteiger partial charge in [0, 0.05) is 17.8 Å². The van der Waals surface area contributed by atoms with Crippen molar-refractivity contribution >= 4 is 0 Å². The summed E-state index contributed by atoms with van der Waals surface area (Å²) in [4.78, 5) is 0. The maximum Gasteiger partial charge on any atom is 0.0120 e. The van der Waals surface area contributed by atoms with Crippen LogP contribution in [0.4, 0.5) is 0 Å². The number of nitrogens with one attached hydrogen (secondary N) is 1. The highest BCUT2D eigenvalue weighted by molar-refractivity contribution is 5.34. The van der Waals surface area contributed by atoms with Gasteiger partial charge in [0.1, 0.15) is 0 Å². The molecule has 0 saturated carbocycles. The minimum Gasteiger partial charge on any atom is -0.363 e. The molecule has 0 spiro atoms. The molecule has 0 aromatic carbocycles. The Morgan fingerprint density at radius 1 is 1.20 bits per heavy atom. The molecule has 0 radical (unpaired) electrons. The minimum atomic E-state index is 0.400. The van der Waals surface area contributed by atoms with Crippen molar-refractivity contribution in [2.45, 2.75) is 53.9 Å². The van der Waals surface area contributed by atoms with E-state index in [1.807, 2.05) is 6.92 Å². The first kappa shape index (κ1) is 18.5. The predicted molar refractivity (Wildman–Crippen MR) is 92.4 cm³/mol. The van der Waals surface area contributed by atoms with E-state index in [1.165, 1.54) is 16.7 Å². The van der Waals surface area contributed by atoms with E-state index in [-0.39, 0.29) is 0 Å². The van der Waals surface area contributed by atoms with Crippen LogP contribution in [0, 0.1) is 5.92 Å². The van der Waals surface area contributed by atoms with Crippen LogP contribution in [0.25, 0.3) is 0 Å². The van der Waals surface area contributed by atoms with Crippen LogP contribution in [0.1, 0.15) is 53.9 Å². The van der Waals surface area contributed by atoms with Crippen LogP contribution in [0.5, 0.6) is 0 Å². The van der Waals surface area contributed by atoms with Crippen LogP contribution in [0.15, 0.2) is 60.0 Å². The molecule has 20 heavy (non-hydrogen) atoms. The second-order valence-corrected chi connectivity index (χ2v) is 5.55. The molecule has 0 aliphatic rings. The van der Waals surface area contributed by atoms with Crippen LogP contribution in [-0.2, 0) is 0 Å². The van der Waals surface area contributed by atoms with Gasteiger partial charge < -0.3 is 5.32 Å². The minimum absolute atomic E-state index is 0.400. The molecule has 0 aliphatic heterocycles. The molecular formula is C19H31N. The number of hydrogen-bond donors (Lipinski definition) is 1. The van der Waals surface area contributed by atoms with Gasteiger partial charge in [-0.1, -0.05) is 63.3 Å². The van der Waals surface area contributed by atoms with Crippen molar-refractivity contribution in [3.8, 4) is 0 Å². The zero-order chi connectivity index (χ0) is 15.7. The quantitative estimate of drug-likeness (QED) is 0.407. The van der Waals surface area contributed by atoms with Crippen LogP contribution < -0.4 is 5.32 Å². The fourth-order valence-corrected chi connectivity index (χ4v) is 2.06. The first-order chi connectivity index (χ1) is 9.31. The molecule has 112 valence electrons. The van der Waals surface area contributed by atoms with E-state index in [0.717, 1.165) is 30.7 Å². The van der Waals surface area contributed by atoms with E-state index in [1.54, 1.807) is 0 Å². The molecule has 1 heteroatoms. The van der Waals surface area contributed by atoms with Gasteiger partial charge in [-0.3, -0.25) is 0 Å². The monoisotopic (exact) mass is 273 g/mol. The third-order valence-corrected chi connectivity index (χ3v) is 3.40. The van der Waals surface area contributed by atoms with E-state index < -0.39 is 0 Å². The highest BCUT2D eigenvalue weighted by Crippen LogP contribution is 2.24. The lowest BCUT2D eigenvalue weighted by molar-refractivity contribution is 0.757. The lowest BCUT2D eigenvalue weighted by atomic mass is 9.92. The van der Waals surface area contributed by atoms with Crippen LogP contribution in [0.3, 0.4) is 0 Å². The topological polar surface area (TPSA) is 12.0 Å². The molecule has 0 rings (SSSR count). The molecule has 0 amide bonds. The predicted octanol–water partition coefficient (Wildman–Crippen LogP) is 5.90. The van der Waals surface area contributed by atoms with E-state index >= 15 is 0 Å². The molecule has 0 aromatic heterocycles. The van der Waals surface area contributed by atoms with Gasteiger partial charge in [0.25, 0.3) is 0 Å². The lowest BCUT2D eigenvalue weighted by Crippen LogP contribution is -2.10. The molecule has 1 unspecified atom stereocenters. The molecule has 0 aromatic rings. The second-order valence-electron chi connectivity index (χ2n) is 5.55. The summed E-state index contributed by atoms with van der Waals surface area (Å²) in [6.07, 6.45) is 7.53. The molecule has 0 heterocycles. The Kier molecular flexibility index (Phi) is 8.71. The van der Waals surface area contributed by atoms with Gasteiger partial charge in [0.15, 0.2) is 0 Å². The molecule has 1 atom stereocenters. The van der Waals surface area contributed by atoms with Crippen LogP contribution in [0.2, 0.25) is 0 Å². The standard InChI is InChI=1S/C19H31N/c1-9-11-16(6)17(7)12-19(15(5)10-2)13-18(8)20-14(3)4/h10,12,17,20H,3,6,8-9,11,13H2,1-2,4-5,7H3/b15-10-,19-12-. The Morgan fingerprint density at radius 2 is 1.80 bits per heavy atom. The fraction of sp³-hybridized carbons (Fsp3) is 0.474. The Bertz CT molecular complexity index is 421. The van der Waals surface area contributed by atoms with Crippen molar-refractivity contribution < 1.29 is 0 Å². The first-order valence-electron chi connectivity index (χ1n) is 7.43. The average molecular weight is 273 g/mol. The number of rotatable bonds is 9. The smallest absolute Gasteiger partial charge is 0.0120 e. The lowest BCUT2D eigenvalue weighted by Gasteiger charge is -2.16. The molecule has 0 aliphatic carbocycles. The van der Waals surface area contributed by atoms with Gasteiger partial charge in [0.2, 0.25) is 0 Å². The van der Waals surface area contributed by atoms with E-state index in [4.69, 9.17) is 0 Å². The Balaban J connectivity index is 5.02. The summed E-state index contributed by atoms with van der Waals surface area (Å²) < 4.78 is 0. The van der Waals surface area contributed by atoms with Gasteiger partial charge in [-0.15, -0.1) is 0 Å². The zero-order valence-electron chi connectivity index (χ0n) is 14.0. The third-order valence-electron chi connectivity index (χ3n) is 3.40. The summed E-state index contributed by atoms with van der Waals surface area (Å²) in [5, 5.41) is 3.20. The molecule has 0 bridgehead atoms. The summed E-state index contributed by atoms with van der Waals surface area (Å²) in [6, 6.07) is 0. The first-order valence-corrected chi connectivity index (χ1v) is 7.43. The third kappa shape index (κ3) is 7.18. The Morgan fingerprint density at radius 3 is 2.25 bits per heavy atom. The van der Waals surface area contributed by atoms with Crippen molar-refractivity contribution in [3.05, 3.63) is 60.0 Å². The van der Waals surface area contributed by atoms with Crippen molar-refractivity contribution in [2.24, 2.45) is 5.92 Å². The van der Waals surface area contributed by atoms with E-state index in [2.05, 4.69) is 64.9 Å². The Hall–Kier alpha value is -1.50. The van der Waals surface area contributed by atoms with Gasteiger partial charge in [-0.25, -0.2) is 0 Å². The average Bonchev–Trinajstić information content (AvgIpc) is 2.36. The summed E-state index contributed by atoms with van der Waals surface area (Å²) >= 11 is 0. The molecule has 1 N–H and O–H groups in total. The summed E-state index contributed by atoms with van der Waals surface area (Å²) in [5.74, 6) is 0.400. The Labute approximate surface area is 125 Å². The van der Waals surface area contributed by atoms with Gasteiger partial charge in [-0.05, 0) is 38.7 Å². The van der Waals surface area contributed by atoms with Crippen molar-refractivity contribution in [2.75, 3.05) is 0 Å². The maximum absolute atomic E-state index is 4.19. The summed E-state index contributed by atoms with van der Waals surface area (Å²) in [7, 11) is 0. The summed E-state index contributed by atoms with van der Waals surface area (Å²) in [6.45, 7) is 22.7. The molecule has 1 nitrogen and oxygen atoms in total. The zero-order valence-corrected chi connectivity index (χ0v) is 14.0. The van der Waals surface area contributed by atoms with Gasteiger partial charge >= 0.3 is 0 Å². The number of hydrogen-bond acceptors (Lipinski definition) is 1. The highest BCUT2D eigenvalue weighted by Gasteiger charge is 2.08. The van der Waals surface area contributed by atoms with Gasteiger partial charge in [0.05, 0.1) is 0 Å². The molecule has 0 fully saturated rings.